The lowest BCUT2D eigenvalue weighted by atomic mass is 10.2. The highest BCUT2D eigenvalue weighted by atomic mass is 79.9. The van der Waals surface area contributed by atoms with Crippen molar-refractivity contribution in [2.24, 2.45) is 0 Å². The number of nitrogens with one attached hydrogen (secondary N) is 1. The van der Waals surface area contributed by atoms with Gasteiger partial charge < -0.3 is 5.32 Å². The van der Waals surface area contributed by atoms with E-state index in [-0.39, 0.29) is 0 Å². The maximum Gasteiger partial charge on any atom is 0.175 e. The van der Waals surface area contributed by atoms with Crippen molar-refractivity contribution in [2.75, 3.05) is 11.6 Å². The molecule has 2 aromatic rings. The van der Waals surface area contributed by atoms with Crippen LogP contribution in [-0.4, -0.2) is 14.7 Å². The summed E-state index contributed by atoms with van der Waals surface area (Å²) in [5.41, 5.74) is 2.95. The van der Waals surface area contributed by atoms with E-state index < -0.39 is 9.84 Å². The lowest BCUT2D eigenvalue weighted by molar-refractivity contribution is 0.602. The van der Waals surface area contributed by atoms with Crippen molar-refractivity contribution in [3.8, 4) is 0 Å². The van der Waals surface area contributed by atoms with Crippen molar-refractivity contribution < 1.29 is 8.42 Å². The van der Waals surface area contributed by atoms with Gasteiger partial charge in [0.1, 0.15) is 0 Å². The highest BCUT2D eigenvalue weighted by molar-refractivity contribution is 9.13. The third-order valence-electron chi connectivity index (χ3n) is 3.10. The minimum absolute atomic E-state index is 0.326. The van der Waals surface area contributed by atoms with Crippen LogP contribution in [0.5, 0.6) is 0 Å². The second-order valence-corrected chi connectivity index (χ2v) is 8.58. The zero-order valence-electron chi connectivity index (χ0n) is 11.7. The first-order valence-electron chi connectivity index (χ1n) is 6.26. The molecule has 0 unspecified atom stereocenters. The molecule has 1 N–H and O–H groups in total. The van der Waals surface area contributed by atoms with Crippen LogP contribution in [0.1, 0.15) is 11.1 Å². The van der Waals surface area contributed by atoms with Crippen LogP contribution in [0.25, 0.3) is 0 Å². The summed E-state index contributed by atoms with van der Waals surface area (Å²) in [4.78, 5) is 0.326. The zero-order valence-corrected chi connectivity index (χ0v) is 15.6. The van der Waals surface area contributed by atoms with Crippen molar-refractivity contribution in [3.63, 3.8) is 0 Å². The number of benzene rings is 2. The van der Waals surface area contributed by atoms with E-state index in [1.807, 2.05) is 31.2 Å². The fourth-order valence-electron chi connectivity index (χ4n) is 1.87. The third-order valence-corrected chi connectivity index (χ3v) is 6.09. The fraction of sp³-hybridized carbons (Fsp3) is 0.200. The second kappa shape index (κ2) is 6.50. The highest BCUT2D eigenvalue weighted by Crippen LogP contribution is 2.25. The molecule has 0 amide bonds. The molecule has 6 heteroatoms. The molecule has 0 spiro atoms. The molecule has 0 radical (unpaired) electrons. The Morgan fingerprint density at radius 3 is 2.38 bits per heavy atom. The van der Waals surface area contributed by atoms with Gasteiger partial charge in [-0.15, -0.1) is 0 Å². The molecule has 0 saturated carbocycles. The van der Waals surface area contributed by atoms with Gasteiger partial charge in [0, 0.05) is 27.4 Å². The van der Waals surface area contributed by atoms with Gasteiger partial charge in [0.25, 0.3) is 0 Å². The summed E-state index contributed by atoms with van der Waals surface area (Å²) in [6, 6.07) is 11.1. The Bertz CT molecular complexity index is 773. The standard InChI is InChI=1S/C15H15Br2NO2S/c1-10-3-5-12(21(2,19)20)8-15(10)18-9-11-4-6-13(16)14(17)7-11/h3-8,18H,9H2,1-2H3. The van der Waals surface area contributed by atoms with Gasteiger partial charge in [-0.05, 0) is 74.2 Å². The summed E-state index contributed by atoms with van der Waals surface area (Å²) in [6.07, 6.45) is 1.22. The molecule has 0 aliphatic heterocycles. The Morgan fingerprint density at radius 2 is 1.76 bits per heavy atom. The number of hydrogen-bond donors (Lipinski definition) is 1. The molecular formula is C15H15Br2NO2S. The van der Waals surface area contributed by atoms with Crippen molar-refractivity contribution in [3.05, 3.63) is 56.5 Å². The Kier molecular flexibility index (Phi) is 5.11. The van der Waals surface area contributed by atoms with Gasteiger partial charge in [0.2, 0.25) is 0 Å². The van der Waals surface area contributed by atoms with Crippen molar-refractivity contribution >= 4 is 47.4 Å². The van der Waals surface area contributed by atoms with Gasteiger partial charge in [-0.25, -0.2) is 8.42 Å². The van der Waals surface area contributed by atoms with E-state index in [9.17, 15) is 8.42 Å². The van der Waals surface area contributed by atoms with Crippen LogP contribution < -0.4 is 5.32 Å². The molecule has 2 rings (SSSR count). The van der Waals surface area contributed by atoms with E-state index in [4.69, 9.17) is 0 Å². The molecule has 0 atom stereocenters. The topological polar surface area (TPSA) is 46.2 Å². The molecule has 21 heavy (non-hydrogen) atoms. The lowest BCUT2D eigenvalue weighted by Gasteiger charge is -2.12. The minimum atomic E-state index is -3.19. The predicted molar refractivity (Wildman–Crippen MR) is 93.5 cm³/mol. The van der Waals surface area contributed by atoms with E-state index >= 15 is 0 Å². The van der Waals surface area contributed by atoms with Crippen LogP contribution >= 0.6 is 31.9 Å². The van der Waals surface area contributed by atoms with Crippen molar-refractivity contribution in [2.45, 2.75) is 18.4 Å². The fourth-order valence-corrected chi connectivity index (χ4v) is 3.19. The normalized spacial score (nSPS) is 11.4. The first-order valence-corrected chi connectivity index (χ1v) is 9.73. The van der Waals surface area contributed by atoms with E-state index in [2.05, 4.69) is 37.2 Å². The monoisotopic (exact) mass is 431 g/mol. The van der Waals surface area contributed by atoms with Crippen molar-refractivity contribution in [1.29, 1.82) is 0 Å². The maximum absolute atomic E-state index is 11.6. The van der Waals surface area contributed by atoms with Crippen LogP contribution in [0.3, 0.4) is 0 Å². The largest absolute Gasteiger partial charge is 0.381 e. The van der Waals surface area contributed by atoms with Gasteiger partial charge in [0.05, 0.1) is 4.90 Å². The molecule has 0 aromatic heterocycles. The van der Waals surface area contributed by atoms with Gasteiger partial charge in [0.15, 0.2) is 9.84 Å². The van der Waals surface area contributed by atoms with Gasteiger partial charge in [-0.3, -0.25) is 0 Å². The summed E-state index contributed by atoms with van der Waals surface area (Å²) < 4.78 is 25.2. The Labute approximate surface area is 141 Å². The number of aryl methyl sites for hydroxylation is 1. The quantitative estimate of drug-likeness (QED) is 0.771. The van der Waals surface area contributed by atoms with E-state index in [1.54, 1.807) is 12.1 Å². The SMILES string of the molecule is Cc1ccc(S(C)(=O)=O)cc1NCc1ccc(Br)c(Br)c1. The van der Waals surface area contributed by atoms with Crippen LogP contribution in [0.4, 0.5) is 5.69 Å². The van der Waals surface area contributed by atoms with Crippen LogP contribution in [-0.2, 0) is 16.4 Å². The average molecular weight is 433 g/mol. The molecule has 0 heterocycles. The van der Waals surface area contributed by atoms with Gasteiger partial charge >= 0.3 is 0 Å². The second-order valence-electron chi connectivity index (χ2n) is 4.85. The molecule has 112 valence electrons. The number of sulfone groups is 1. The minimum Gasteiger partial charge on any atom is -0.381 e. The smallest absolute Gasteiger partial charge is 0.175 e. The molecule has 0 bridgehead atoms. The third kappa shape index (κ3) is 4.31. The summed E-state index contributed by atoms with van der Waals surface area (Å²) in [5.74, 6) is 0. The molecule has 0 aliphatic rings. The zero-order chi connectivity index (χ0) is 15.6. The summed E-state index contributed by atoms with van der Waals surface area (Å²) in [6.45, 7) is 2.58. The van der Waals surface area contributed by atoms with Crippen LogP contribution in [0.15, 0.2) is 50.2 Å². The Balaban J connectivity index is 2.21. The number of anilines is 1. The summed E-state index contributed by atoms with van der Waals surface area (Å²) in [7, 11) is -3.19. The Hall–Kier alpha value is -0.850. The highest BCUT2D eigenvalue weighted by Gasteiger charge is 2.09. The van der Waals surface area contributed by atoms with Crippen LogP contribution in [0, 0.1) is 6.92 Å². The molecule has 3 nitrogen and oxygen atoms in total. The average Bonchev–Trinajstić information content (AvgIpc) is 2.40. The Morgan fingerprint density at radius 1 is 1.05 bits per heavy atom. The summed E-state index contributed by atoms with van der Waals surface area (Å²) >= 11 is 6.90. The number of rotatable bonds is 4. The molecule has 0 aliphatic carbocycles. The predicted octanol–water partition coefficient (Wildman–Crippen LogP) is 4.54. The first-order chi connectivity index (χ1) is 9.77. The lowest BCUT2D eigenvalue weighted by Crippen LogP contribution is -2.04. The molecule has 0 saturated heterocycles. The van der Waals surface area contributed by atoms with E-state index in [0.717, 1.165) is 25.8 Å². The van der Waals surface area contributed by atoms with E-state index in [0.29, 0.717) is 11.4 Å². The van der Waals surface area contributed by atoms with E-state index in [1.165, 1.54) is 6.26 Å². The molecule has 0 fully saturated rings. The van der Waals surface area contributed by atoms with Crippen LogP contribution in [0.2, 0.25) is 0 Å². The summed E-state index contributed by atoms with van der Waals surface area (Å²) in [5, 5.41) is 3.29. The first kappa shape index (κ1) is 16.5. The van der Waals surface area contributed by atoms with Gasteiger partial charge in [-0.1, -0.05) is 12.1 Å². The molecule has 2 aromatic carbocycles. The number of hydrogen-bond acceptors (Lipinski definition) is 3. The maximum atomic E-state index is 11.6. The van der Waals surface area contributed by atoms with Gasteiger partial charge in [-0.2, -0.15) is 0 Å². The molecular weight excluding hydrogens is 418 g/mol. The number of halogens is 2. The van der Waals surface area contributed by atoms with Crippen molar-refractivity contribution in [1.82, 2.24) is 0 Å².